The smallest absolute Gasteiger partial charge is 0.341 e. The van der Waals surface area contributed by atoms with E-state index in [9.17, 15) is 14.7 Å². The maximum atomic E-state index is 12.2. The van der Waals surface area contributed by atoms with Gasteiger partial charge < -0.3 is 20.5 Å². The zero-order chi connectivity index (χ0) is 17.2. The molecule has 0 aliphatic carbocycles. The molecule has 1 aromatic rings. The van der Waals surface area contributed by atoms with Gasteiger partial charge >= 0.3 is 5.97 Å². The van der Waals surface area contributed by atoms with Gasteiger partial charge in [-0.05, 0) is 30.5 Å². The molecule has 2 heterocycles. The van der Waals surface area contributed by atoms with E-state index in [0.29, 0.717) is 13.1 Å². The Morgan fingerprint density at radius 1 is 1.33 bits per heavy atom. The van der Waals surface area contributed by atoms with Gasteiger partial charge in [0.25, 0.3) is 0 Å². The largest absolute Gasteiger partial charge is 0.507 e. The summed E-state index contributed by atoms with van der Waals surface area (Å²) in [6.45, 7) is 3.77. The van der Waals surface area contributed by atoms with Crippen LogP contribution in [0.1, 0.15) is 28.8 Å². The van der Waals surface area contributed by atoms with Crippen LogP contribution < -0.4 is 10.6 Å². The fourth-order valence-corrected chi connectivity index (χ4v) is 3.44. The Hall–Kier alpha value is -2.12. The highest BCUT2D eigenvalue weighted by Crippen LogP contribution is 2.26. The third kappa shape index (κ3) is 3.22. The molecule has 0 bridgehead atoms. The minimum absolute atomic E-state index is 0.0775. The van der Waals surface area contributed by atoms with E-state index in [-0.39, 0.29) is 17.2 Å². The lowest BCUT2D eigenvalue weighted by atomic mass is 9.85. The van der Waals surface area contributed by atoms with Gasteiger partial charge in [-0.3, -0.25) is 9.69 Å². The highest BCUT2D eigenvalue weighted by molar-refractivity contribution is 5.92. The monoisotopic (exact) mass is 333 g/mol. The minimum Gasteiger partial charge on any atom is -0.507 e. The Bertz CT molecular complexity index is 639. The molecule has 3 rings (SSSR count). The van der Waals surface area contributed by atoms with Crippen molar-refractivity contribution in [2.45, 2.75) is 24.9 Å². The van der Waals surface area contributed by atoms with Crippen molar-refractivity contribution in [2.75, 3.05) is 33.3 Å². The summed E-state index contributed by atoms with van der Waals surface area (Å²) in [6, 6.07) is 4.98. The van der Waals surface area contributed by atoms with E-state index in [4.69, 9.17) is 0 Å². The molecule has 1 aromatic carbocycles. The second-order valence-electron chi connectivity index (χ2n) is 6.38. The molecule has 0 atom stereocenters. The van der Waals surface area contributed by atoms with Crippen molar-refractivity contribution in [3.63, 3.8) is 0 Å². The molecular formula is C17H23N3O4. The molecule has 0 aromatic heterocycles. The van der Waals surface area contributed by atoms with Crippen molar-refractivity contribution in [3.8, 4) is 5.75 Å². The highest BCUT2D eigenvalue weighted by atomic mass is 16.5. The number of benzene rings is 1. The highest BCUT2D eigenvalue weighted by Gasteiger charge is 2.42. The lowest BCUT2D eigenvalue weighted by Crippen LogP contribution is -2.66. The summed E-state index contributed by atoms with van der Waals surface area (Å²) in [5.41, 5.74) is 0.683. The maximum absolute atomic E-state index is 12.2. The summed E-state index contributed by atoms with van der Waals surface area (Å²) in [4.78, 5) is 26.1. The molecule has 130 valence electrons. The number of esters is 1. The van der Waals surface area contributed by atoms with Crippen molar-refractivity contribution in [3.05, 3.63) is 29.3 Å². The zero-order valence-electron chi connectivity index (χ0n) is 13.8. The lowest BCUT2D eigenvalue weighted by Gasteiger charge is -2.43. The molecule has 2 aliphatic rings. The molecule has 0 radical (unpaired) electrons. The van der Waals surface area contributed by atoms with Gasteiger partial charge in [0, 0.05) is 32.7 Å². The first-order chi connectivity index (χ1) is 11.5. The van der Waals surface area contributed by atoms with Crippen molar-refractivity contribution in [1.29, 1.82) is 0 Å². The Kier molecular flexibility index (Phi) is 4.73. The normalized spacial score (nSPS) is 20.6. The number of amides is 1. The molecule has 24 heavy (non-hydrogen) atoms. The lowest BCUT2D eigenvalue weighted by molar-refractivity contribution is -0.131. The second kappa shape index (κ2) is 6.78. The summed E-state index contributed by atoms with van der Waals surface area (Å²) in [7, 11) is 1.29. The minimum atomic E-state index is -0.546. The number of methoxy groups -OCH3 is 1. The van der Waals surface area contributed by atoms with Crippen LogP contribution in [0.25, 0.3) is 0 Å². The second-order valence-corrected chi connectivity index (χ2v) is 6.38. The Morgan fingerprint density at radius 2 is 2.08 bits per heavy atom. The maximum Gasteiger partial charge on any atom is 0.341 e. The molecular weight excluding hydrogens is 310 g/mol. The molecule has 2 aliphatic heterocycles. The number of nitrogens with zero attached hydrogens (tertiary/aromatic N) is 1. The van der Waals surface area contributed by atoms with E-state index in [1.165, 1.54) is 13.2 Å². The average molecular weight is 333 g/mol. The third-order valence-corrected chi connectivity index (χ3v) is 4.89. The average Bonchev–Trinajstić information content (AvgIpc) is 2.60. The first-order valence-electron chi connectivity index (χ1n) is 8.20. The summed E-state index contributed by atoms with van der Waals surface area (Å²) in [5.74, 6) is -0.521. The predicted molar refractivity (Wildman–Crippen MR) is 87.7 cm³/mol. The molecule has 1 spiro atoms. The zero-order valence-corrected chi connectivity index (χ0v) is 13.8. The number of piperazine rings is 1. The summed E-state index contributed by atoms with van der Waals surface area (Å²) >= 11 is 0. The van der Waals surface area contributed by atoms with E-state index >= 15 is 0 Å². The molecule has 7 nitrogen and oxygen atoms in total. The van der Waals surface area contributed by atoms with Crippen LogP contribution in [0, 0.1) is 0 Å². The number of hydrogen-bond acceptors (Lipinski definition) is 6. The number of piperidine rings is 1. The molecule has 1 amide bonds. The Morgan fingerprint density at radius 3 is 2.75 bits per heavy atom. The number of likely N-dealkylation sites (tertiary alicyclic amines) is 1. The fourth-order valence-electron chi connectivity index (χ4n) is 3.44. The van der Waals surface area contributed by atoms with Crippen LogP contribution in [0.2, 0.25) is 0 Å². The first-order valence-corrected chi connectivity index (χ1v) is 8.20. The van der Waals surface area contributed by atoms with E-state index in [1.54, 1.807) is 12.1 Å². The van der Waals surface area contributed by atoms with Crippen molar-refractivity contribution in [1.82, 2.24) is 15.5 Å². The Labute approximate surface area is 141 Å². The summed E-state index contributed by atoms with van der Waals surface area (Å²) in [6.07, 6.45) is 1.53. The molecule has 0 saturated carbocycles. The summed E-state index contributed by atoms with van der Waals surface area (Å²) < 4.78 is 4.68. The van der Waals surface area contributed by atoms with Gasteiger partial charge in [0.2, 0.25) is 5.91 Å². The molecule has 7 heteroatoms. The quantitative estimate of drug-likeness (QED) is 0.686. The molecule has 3 N–H and O–H groups in total. The number of phenols is 1. The number of carbonyl (C=O) groups is 2. The number of rotatable bonds is 3. The van der Waals surface area contributed by atoms with Gasteiger partial charge in [0.1, 0.15) is 16.9 Å². The van der Waals surface area contributed by atoms with Gasteiger partial charge in [-0.15, -0.1) is 0 Å². The SMILES string of the molecule is COC(=O)c1cc(CN2CCC3(CC2)NCCNC3=O)ccc1O. The molecule has 2 saturated heterocycles. The Balaban J connectivity index is 1.64. The van der Waals surface area contributed by atoms with Crippen molar-refractivity contribution >= 4 is 11.9 Å². The van der Waals surface area contributed by atoms with Crippen LogP contribution in [0.3, 0.4) is 0 Å². The fraction of sp³-hybridized carbons (Fsp3) is 0.529. The van der Waals surface area contributed by atoms with E-state index in [2.05, 4.69) is 20.3 Å². The number of phenolic OH excluding ortho intramolecular Hbond substituents is 1. The number of ether oxygens (including phenoxy) is 1. The predicted octanol–water partition coefficient (Wildman–Crippen LogP) is 0.233. The van der Waals surface area contributed by atoms with Crippen LogP contribution in [-0.2, 0) is 16.1 Å². The van der Waals surface area contributed by atoms with Crippen LogP contribution >= 0.6 is 0 Å². The summed E-state index contributed by atoms with van der Waals surface area (Å²) in [5, 5.41) is 16.1. The number of hydrogen-bond donors (Lipinski definition) is 3. The van der Waals surface area contributed by atoms with Crippen molar-refractivity contribution < 1.29 is 19.4 Å². The number of aromatic hydroxyl groups is 1. The van der Waals surface area contributed by atoms with Crippen LogP contribution in [0.15, 0.2) is 18.2 Å². The van der Waals surface area contributed by atoms with Gasteiger partial charge in [0.05, 0.1) is 7.11 Å². The number of carbonyl (C=O) groups excluding carboxylic acids is 2. The van der Waals surface area contributed by atoms with Crippen LogP contribution in [0.4, 0.5) is 0 Å². The van der Waals surface area contributed by atoms with E-state index in [0.717, 1.165) is 38.0 Å². The van der Waals surface area contributed by atoms with Crippen molar-refractivity contribution in [2.24, 2.45) is 0 Å². The van der Waals surface area contributed by atoms with Crippen LogP contribution in [0.5, 0.6) is 5.75 Å². The standard InChI is InChI=1S/C17H23N3O4/c1-24-15(22)13-10-12(2-3-14(13)21)11-20-8-4-17(5-9-20)16(23)18-6-7-19-17/h2-3,10,19,21H,4-9,11H2,1H3,(H,18,23). The van der Waals surface area contributed by atoms with Gasteiger partial charge in [-0.25, -0.2) is 4.79 Å². The van der Waals surface area contributed by atoms with E-state index in [1.807, 2.05) is 0 Å². The van der Waals surface area contributed by atoms with Gasteiger partial charge in [-0.1, -0.05) is 6.07 Å². The molecule has 0 unspecified atom stereocenters. The first kappa shape index (κ1) is 16.7. The van der Waals surface area contributed by atoms with E-state index < -0.39 is 11.5 Å². The molecule has 2 fully saturated rings. The number of nitrogens with one attached hydrogen (secondary N) is 2. The van der Waals surface area contributed by atoms with Gasteiger partial charge in [-0.2, -0.15) is 0 Å². The third-order valence-electron chi connectivity index (χ3n) is 4.89. The van der Waals surface area contributed by atoms with Gasteiger partial charge in [0.15, 0.2) is 0 Å². The topological polar surface area (TPSA) is 90.9 Å². The van der Waals surface area contributed by atoms with Crippen LogP contribution in [-0.4, -0.2) is 60.7 Å².